The molecule has 2 aromatic carbocycles. The van der Waals surface area contributed by atoms with E-state index in [2.05, 4.69) is 25.9 Å². The quantitative estimate of drug-likeness (QED) is 0.752. The fourth-order valence-electron chi connectivity index (χ4n) is 2.94. The lowest BCUT2D eigenvalue weighted by atomic mass is 10.1. The van der Waals surface area contributed by atoms with Crippen LogP contribution in [-0.4, -0.2) is 39.0 Å². The molecule has 0 aliphatic carbocycles. The summed E-state index contributed by atoms with van der Waals surface area (Å²) in [6.07, 6.45) is 1.46. The average Bonchev–Trinajstić information content (AvgIpc) is 3.34. The van der Waals surface area contributed by atoms with E-state index >= 15 is 0 Å². The third-order valence-corrected chi connectivity index (χ3v) is 4.24. The standard InChI is InChI=1S/C18H16N6O2/c25-16-5-2-10-24(16)15-8-6-12(7-9-15)18(26)19-14-4-1-3-13(11-14)17-20-22-23-21-17/h1,3-4,6-9,11H,2,5,10H2,(H,19,26)(H,20,21,22,23). The molecule has 0 radical (unpaired) electrons. The minimum absolute atomic E-state index is 0.125. The van der Waals surface area contributed by atoms with Crippen molar-refractivity contribution in [2.24, 2.45) is 0 Å². The number of H-pyrrole nitrogens is 1. The maximum atomic E-state index is 12.5. The summed E-state index contributed by atoms with van der Waals surface area (Å²) in [7, 11) is 0. The van der Waals surface area contributed by atoms with Crippen molar-refractivity contribution in [3.05, 3.63) is 54.1 Å². The zero-order valence-electron chi connectivity index (χ0n) is 13.8. The number of aromatic amines is 1. The molecule has 130 valence electrons. The Hall–Kier alpha value is -3.55. The number of hydrogen-bond donors (Lipinski definition) is 2. The Morgan fingerprint density at radius 2 is 2.00 bits per heavy atom. The van der Waals surface area contributed by atoms with Crippen LogP contribution in [0.3, 0.4) is 0 Å². The first kappa shape index (κ1) is 15.9. The molecule has 0 unspecified atom stereocenters. The van der Waals surface area contributed by atoms with Gasteiger partial charge in [-0.3, -0.25) is 9.59 Å². The van der Waals surface area contributed by atoms with E-state index < -0.39 is 0 Å². The lowest BCUT2D eigenvalue weighted by Gasteiger charge is -2.15. The zero-order valence-corrected chi connectivity index (χ0v) is 13.8. The first-order valence-electron chi connectivity index (χ1n) is 8.26. The Kier molecular flexibility index (Phi) is 4.14. The van der Waals surface area contributed by atoms with Crippen molar-refractivity contribution in [3.63, 3.8) is 0 Å². The average molecular weight is 348 g/mol. The van der Waals surface area contributed by atoms with E-state index in [0.29, 0.717) is 23.5 Å². The molecule has 1 aliphatic rings. The van der Waals surface area contributed by atoms with Gasteiger partial charge in [0.05, 0.1) is 0 Å². The van der Waals surface area contributed by atoms with Crippen molar-refractivity contribution >= 4 is 23.2 Å². The molecule has 0 atom stereocenters. The predicted octanol–water partition coefficient (Wildman–Crippen LogP) is 2.25. The van der Waals surface area contributed by atoms with E-state index in [-0.39, 0.29) is 11.8 Å². The smallest absolute Gasteiger partial charge is 0.255 e. The summed E-state index contributed by atoms with van der Waals surface area (Å²) in [6, 6.07) is 14.3. The summed E-state index contributed by atoms with van der Waals surface area (Å²) in [5.74, 6) is 0.357. The van der Waals surface area contributed by atoms with Crippen molar-refractivity contribution in [2.75, 3.05) is 16.8 Å². The van der Waals surface area contributed by atoms with Crippen LogP contribution in [0.2, 0.25) is 0 Å². The maximum absolute atomic E-state index is 12.5. The van der Waals surface area contributed by atoms with Crippen LogP contribution in [0.5, 0.6) is 0 Å². The fraction of sp³-hybridized carbons (Fsp3) is 0.167. The molecule has 8 nitrogen and oxygen atoms in total. The van der Waals surface area contributed by atoms with E-state index in [1.807, 2.05) is 12.1 Å². The predicted molar refractivity (Wildman–Crippen MR) is 95.6 cm³/mol. The van der Waals surface area contributed by atoms with Crippen LogP contribution < -0.4 is 10.2 Å². The van der Waals surface area contributed by atoms with Gasteiger partial charge in [-0.05, 0) is 48.0 Å². The molecular weight excluding hydrogens is 332 g/mol. The molecule has 4 rings (SSSR count). The molecule has 0 saturated carbocycles. The molecule has 3 aromatic rings. The Balaban J connectivity index is 1.48. The number of aromatic nitrogens is 4. The summed E-state index contributed by atoms with van der Waals surface area (Å²) in [5, 5.41) is 16.6. The van der Waals surface area contributed by atoms with Crippen LogP contribution in [0.15, 0.2) is 48.5 Å². The van der Waals surface area contributed by atoms with Gasteiger partial charge in [-0.2, -0.15) is 5.21 Å². The first-order chi connectivity index (χ1) is 12.7. The van der Waals surface area contributed by atoms with Gasteiger partial charge in [-0.1, -0.05) is 12.1 Å². The number of anilines is 2. The first-order valence-corrected chi connectivity index (χ1v) is 8.26. The topological polar surface area (TPSA) is 104 Å². The van der Waals surface area contributed by atoms with Gasteiger partial charge >= 0.3 is 0 Å². The van der Waals surface area contributed by atoms with E-state index in [1.54, 1.807) is 41.3 Å². The van der Waals surface area contributed by atoms with E-state index in [9.17, 15) is 9.59 Å². The largest absolute Gasteiger partial charge is 0.322 e. The van der Waals surface area contributed by atoms with Gasteiger partial charge < -0.3 is 10.2 Å². The molecular formula is C18H16N6O2. The second-order valence-corrected chi connectivity index (χ2v) is 5.97. The summed E-state index contributed by atoms with van der Waals surface area (Å²) >= 11 is 0. The van der Waals surface area contributed by atoms with Crippen molar-refractivity contribution < 1.29 is 9.59 Å². The second kappa shape index (κ2) is 6.75. The zero-order chi connectivity index (χ0) is 17.9. The molecule has 1 fully saturated rings. The van der Waals surface area contributed by atoms with Crippen LogP contribution >= 0.6 is 0 Å². The van der Waals surface area contributed by atoms with Crippen LogP contribution in [0.1, 0.15) is 23.2 Å². The van der Waals surface area contributed by atoms with Gasteiger partial charge in [0.1, 0.15) is 0 Å². The van der Waals surface area contributed by atoms with Crippen molar-refractivity contribution in [1.82, 2.24) is 20.6 Å². The number of carbonyl (C=O) groups excluding carboxylic acids is 2. The summed E-state index contributed by atoms with van der Waals surface area (Å²) in [4.78, 5) is 26.0. The summed E-state index contributed by atoms with van der Waals surface area (Å²) < 4.78 is 0. The van der Waals surface area contributed by atoms with E-state index in [4.69, 9.17) is 0 Å². The molecule has 0 bridgehead atoms. The van der Waals surface area contributed by atoms with Crippen molar-refractivity contribution in [2.45, 2.75) is 12.8 Å². The van der Waals surface area contributed by atoms with Gasteiger partial charge in [0, 0.05) is 35.5 Å². The van der Waals surface area contributed by atoms with Crippen LogP contribution in [-0.2, 0) is 4.79 Å². The molecule has 1 saturated heterocycles. The molecule has 2 heterocycles. The lowest BCUT2D eigenvalue weighted by Crippen LogP contribution is -2.23. The molecule has 1 aromatic heterocycles. The van der Waals surface area contributed by atoms with Gasteiger partial charge in [-0.25, -0.2) is 0 Å². The van der Waals surface area contributed by atoms with Gasteiger partial charge in [0.15, 0.2) is 0 Å². The third-order valence-electron chi connectivity index (χ3n) is 4.24. The number of nitrogens with zero attached hydrogens (tertiary/aromatic N) is 4. The minimum atomic E-state index is -0.227. The third kappa shape index (κ3) is 3.16. The molecule has 26 heavy (non-hydrogen) atoms. The highest BCUT2D eigenvalue weighted by molar-refractivity contribution is 6.05. The molecule has 2 amide bonds. The van der Waals surface area contributed by atoms with Crippen molar-refractivity contribution in [1.29, 1.82) is 0 Å². The highest BCUT2D eigenvalue weighted by atomic mass is 16.2. The monoisotopic (exact) mass is 348 g/mol. The number of tetrazole rings is 1. The van der Waals surface area contributed by atoms with Crippen LogP contribution in [0.25, 0.3) is 11.4 Å². The van der Waals surface area contributed by atoms with Gasteiger partial charge in [0.25, 0.3) is 5.91 Å². The van der Waals surface area contributed by atoms with E-state index in [0.717, 1.165) is 24.2 Å². The Morgan fingerprint density at radius 3 is 2.69 bits per heavy atom. The Bertz CT molecular complexity index is 937. The SMILES string of the molecule is O=C(Nc1cccc(-c2nn[nH]n2)c1)c1ccc(N2CCCC2=O)cc1. The number of carbonyl (C=O) groups is 2. The Labute approximate surface area is 149 Å². The molecule has 2 N–H and O–H groups in total. The van der Waals surface area contributed by atoms with Crippen LogP contribution in [0, 0.1) is 0 Å². The molecule has 0 spiro atoms. The maximum Gasteiger partial charge on any atom is 0.255 e. The number of rotatable bonds is 4. The number of hydrogen-bond acceptors (Lipinski definition) is 5. The van der Waals surface area contributed by atoms with Crippen molar-refractivity contribution in [3.8, 4) is 11.4 Å². The van der Waals surface area contributed by atoms with E-state index in [1.165, 1.54) is 0 Å². The van der Waals surface area contributed by atoms with Crippen LogP contribution in [0.4, 0.5) is 11.4 Å². The normalized spacial score (nSPS) is 13.8. The number of amides is 2. The number of nitrogens with one attached hydrogen (secondary N) is 2. The fourth-order valence-corrected chi connectivity index (χ4v) is 2.94. The number of benzene rings is 2. The summed E-state index contributed by atoms with van der Waals surface area (Å²) in [5.41, 5.74) is 2.73. The van der Waals surface area contributed by atoms with Gasteiger partial charge in [-0.15, -0.1) is 10.2 Å². The second-order valence-electron chi connectivity index (χ2n) is 5.97. The summed E-state index contributed by atoms with van der Waals surface area (Å²) in [6.45, 7) is 0.729. The highest BCUT2D eigenvalue weighted by Crippen LogP contribution is 2.22. The Morgan fingerprint density at radius 1 is 1.15 bits per heavy atom. The molecule has 1 aliphatic heterocycles. The lowest BCUT2D eigenvalue weighted by molar-refractivity contribution is -0.117. The minimum Gasteiger partial charge on any atom is -0.322 e. The molecule has 8 heteroatoms. The van der Waals surface area contributed by atoms with Gasteiger partial charge in [0.2, 0.25) is 11.7 Å². The highest BCUT2D eigenvalue weighted by Gasteiger charge is 2.21.